The first-order valence-electron chi connectivity index (χ1n) is 8.01. The van der Waals surface area contributed by atoms with Gasteiger partial charge in [0.05, 0.1) is 17.9 Å². The number of halogens is 1. The number of nitrogens with one attached hydrogen (secondary N) is 3. The number of amidine groups is 1. The normalized spacial score (nSPS) is 17.5. The molecule has 1 aliphatic carbocycles. The number of aliphatic hydroxyl groups is 1. The number of aliphatic hydroxyl groups excluding tert-OH is 1. The summed E-state index contributed by atoms with van der Waals surface area (Å²) in [5.41, 5.74) is 1.22. The highest BCUT2D eigenvalue weighted by Crippen LogP contribution is 2.33. The van der Waals surface area contributed by atoms with Crippen LogP contribution in [0.5, 0.6) is 0 Å². The number of benzene rings is 1. The lowest BCUT2D eigenvalue weighted by Gasteiger charge is -2.31. The third-order valence-corrected chi connectivity index (χ3v) is 4.76. The lowest BCUT2D eigenvalue weighted by atomic mass is 9.83. The van der Waals surface area contributed by atoms with Gasteiger partial charge >= 0.3 is 0 Å². The first-order chi connectivity index (χ1) is 12.8. The summed E-state index contributed by atoms with van der Waals surface area (Å²) in [6.07, 6.45) is -0.140. The first kappa shape index (κ1) is 20.6. The molecule has 0 bridgehead atoms. The predicted octanol–water partition coefficient (Wildman–Crippen LogP) is 0.838. The van der Waals surface area contributed by atoms with Crippen LogP contribution in [-0.4, -0.2) is 56.4 Å². The molecular formula is C16H20FN5O4S. The van der Waals surface area contributed by atoms with Crippen LogP contribution in [0, 0.1) is 11.2 Å². The topological polar surface area (TPSA) is 150 Å². The van der Waals surface area contributed by atoms with Crippen molar-refractivity contribution in [3.63, 3.8) is 0 Å². The van der Waals surface area contributed by atoms with Gasteiger partial charge in [0, 0.05) is 6.54 Å². The molecule has 0 radical (unpaired) electrons. The van der Waals surface area contributed by atoms with Crippen LogP contribution in [0.15, 0.2) is 28.5 Å². The standard InChI is InChI=1S/C16H20FN5O4S/c1-8(23)6-19-13(24)7-27-16(22-26)14(18)15(21-25)20-12-4-9-2-3-10(17)5-11(9)12/h2-3,5,8,12,18,23,25-26H,4,6-7H2,1H3,(H,19,24)(H,20,21)/b18-14?,22-16+. The fraction of sp³-hybridized carbons (Fsp3) is 0.375. The smallest absolute Gasteiger partial charge is 0.230 e. The van der Waals surface area contributed by atoms with Gasteiger partial charge in [-0.2, -0.15) is 0 Å². The number of carbonyl (C=O) groups is 1. The second-order valence-corrected chi connectivity index (χ2v) is 6.88. The zero-order valence-electron chi connectivity index (χ0n) is 14.4. The maximum absolute atomic E-state index is 13.3. The van der Waals surface area contributed by atoms with Crippen LogP contribution in [0.25, 0.3) is 0 Å². The summed E-state index contributed by atoms with van der Waals surface area (Å²) in [4.78, 5) is 11.7. The van der Waals surface area contributed by atoms with E-state index in [-0.39, 0.29) is 29.2 Å². The lowest BCUT2D eigenvalue weighted by molar-refractivity contribution is -0.118. The van der Waals surface area contributed by atoms with Crippen molar-refractivity contribution in [2.75, 3.05) is 12.3 Å². The molecule has 2 atom stereocenters. The van der Waals surface area contributed by atoms with Crippen molar-refractivity contribution < 1.29 is 24.7 Å². The Hall–Kier alpha value is -2.66. The number of amides is 1. The SMILES string of the molecule is CC(O)CNC(=O)CS/C(=N/O)C(=N)/C(=N/O)NC1Cc2ccc(F)cc21. The van der Waals surface area contributed by atoms with Gasteiger partial charge < -0.3 is 26.2 Å². The van der Waals surface area contributed by atoms with E-state index in [2.05, 4.69) is 20.9 Å². The molecule has 0 saturated heterocycles. The van der Waals surface area contributed by atoms with Crippen molar-refractivity contribution in [1.29, 1.82) is 5.41 Å². The first-order valence-corrected chi connectivity index (χ1v) is 9.00. The number of thioether (sulfide) groups is 1. The second-order valence-electron chi connectivity index (χ2n) is 5.91. The van der Waals surface area contributed by atoms with Gasteiger partial charge in [0.25, 0.3) is 0 Å². The van der Waals surface area contributed by atoms with Crippen LogP contribution < -0.4 is 10.6 Å². The maximum atomic E-state index is 13.3. The number of hydrogen-bond acceptors (Lipinski definition) is 8. The largest absolute Gasteiger partial charge is 0.410 e. The molecule has 1 aromatic carbocycles. The monoisotopic (exact) mass is 397 g/mol. The summed E-state index contributed by atoms with van der Waals surface area (Å²) in [5.74, 6) is -1.24. The van der Waals surface area contributed by atoms with Gasteiger partial charge in [-0.15, -0.1) is 0 Å². The summed E-state index contributed by atoms with van der Waals surface area (Å²) < 4.78 is 13.3. The number of nitrogens with zero attached hydrogens (tertiary/aromatic N) is 2. The molecule has 1 amide bonds. The molecule has 2 unspecified atom stereocenters. The van der Waals surface area contributed by atoms with Crippen molar-refractivity contribution in [2.24, 2.45) is 10.3 Å². The molecule has 0 aliphatic heterocycles. The Labute approximate surface area is 158 Å². The minimum atomic E-state index is -0.698. The molecule has 6 N–H and O–H groups in total. The zero-order valence-corrected chi connectivity index (χ0v) is 15.3. The Morgan fingerprint density at radius 1 is 1.44 bits per heavy atom. The average Bonchev–Trinajstić information content (AvgIpc) is 2.63. The van der Waals surface area contributed by atoms with E-state index in [0.717, 1.165) is 17.3 Å². The van der Waals surface area contributed by atoms with Crippen LogP contribution in [0.2, 0.25) is 0 Å². The highest BCUT2D eigenvalue weighted by atomic mass is 32.2. The number of rotatable bonds is 7. The maximum Gasteiger partial charge on any atom is 0.230 e. The van der Waals surface area contributed by atoms with Crippen molar-refractivity contribution >= 4 is 34.3 Å². The van der Waals surface area contributed by atoms with E-state index in [9.17, 15) is 14.4 Å². The summed E-state index contributed by atoms with van der Waals surface area (Å²) in [5, 5.41) is 46.5. The van der Waals surface area contributed by atoms with E-state index in [1.165, 1.54) is 19.1 Å². The molecule has 1 aromatic rings. The number of carbonyl (C=O) groups excluding carboxylic acids is 1. The third kappa shape index (κ3) is 5.41. The van der Waals surface area contributed by atoms with Crippen molar-refractivity contribution in [3.05, 3.63) is 35.1 Å². The molecule has 0 saturated carbocycles. The number of hydrogen-bond donors (Lipinski definition) is 6. The molecule has 1 aliphatic rings. The molecule has 0 heterocycles. The molecule has 0 spiro atoms. The minimum absolute atomic E-state index is 0.0744. The third-order valence-electron chi connectivity index (χ3n) is 3.79. The minimum Gasteiger partial charge on any atom is -0.410 e. The van der Waals surface area contributed by atoms with E-state index in [1.807, 2.05) is 0 Å². The van der Waals surface area contributed by atoms with Crippen LogP contribution in [-0.2, 0) is 11.2 Å². The van der Waals surface area contributed by atoms with Gasteiger partial charge in [0.15, 0.2) is 10.9 Å². The van der Waals surface area contributed by atoms with Crippen LogP contribution in [0.4, 0.5) is 4.39 Å². The van der Waals surface area contributed by atoms with Gasteiger partial charge in [-0.05, 0) is 36.6 Å². The Bertz CT molecular complexity index is 784. The lowest BCUT2D eigenvalue weighted by Crippen LogP contribution is -2.41. The fourth-order valence-electron chi connectivity index (χ4n) is 2.42. The molecule has 27 heavy (non-hydrogen) atoms. The van der Waals surface area contributed by atoms with Gasteiger partial charge in [0.1, 0.15) is 11.5 Å². The van der Waals surface area contributed by atoms with Crippen molar-refractivity contribution in [2.45, 2.75) is 25.5 Å². The van der Waals surface area contributed by atoms with Gasteiger partial charge in [-0.1, -0.05) is 28.1 Å². The summed E-state index contributed by atoms with van der Waals surface area (Å²) in [7, 11) is 0. The Morgan fingerprint density at radius 2 is 2.19 bits per heavy atom. The van der Waals surface area contributed by atoms with Crippen LogP contribution in [0.1, 0.15) is 24.1 Å². The molecule has 2 rings (SSSR count). The average molecular weight is 397 g/mol. The van der Waals surface area contributed by atoms with Gasteiger partial charge in [-0.3, -0.25) is 10.2 Å². The molecule has 0 fully saturated rings. The van der Waals surface area contributed by atoms with E-state index >= 15 is 0 Å². The Kier molecular flexibility index (Phi) is 7.13. The molecular weight excluding hydrogens is 377 g/mol. The molecule has 146 valence electrons. The predicted molar refractivity (Wildman–Crippen MR) is 99.3 cm³/mol. The number of fused-ring (bicyclic) bond motifs is 1. The summed E-state index contributed by atoms with van der Waals surface area (Å²) >= 11 is 0.764. The fourth-order valence-corrected chi connectivity index (χ4v) is 3.09. The van der Waals surface area contributed by atoms with E-state index in [4.69, 9.17) is 15.7 Å². The van der Waals surface area contributed by atoms with Crippen molar-refractivity contribution in [3.8, 4) is 0 Å². The van der Waals surface area contributed by atoms with Crippen LogP contribution >= 0.6 is 11.8 Å². The Balaban J connectivity index is 1.94. The molecule has 11 heteroatoms. The molecule has 9 nitrogen and oxygen atoms in total. The van der Waals surface area contributed by atoms with E-state index < -0.39 is 23.5 Å². The van der Waals surface area contributed by atoms with Crippen LogP contribution in [0.3, 0.4) is 0 Å². The second kappa shape index (κ2) is 9.33. The summed E-state index contributed by atoms with van der Waals surface area (Å²) in [6, 6.07) is 4.03. The van der Waals surface area contributed by atoms with Gasteiger partial charge in [0.2, 0.25) is 5.91 Å². The highest BCUT2D eigenvalue weighted by Gasteiger charge is 2.29. The quantitative estimate of drug-likeness (QED) is 0.174. The number of oxime groups is 2. The van der Waals surface area contributed by atoms with E-state index in [1.54, 1.807) is 6.07 Å². The Morgan fingerprint density at radius 3 is 2.81 bits per heavy atom. The van der Waals surface area contributed by atoms with Gasteiger partial charge in [-0.25, -0.2) is 4.39 Å². The highest BCUT2D eigenvalue weighted by molar-refractivity contribution is 8.16. The zero-order chi connectivity index (χ0) is 20.0. The van der Waals surface area contributed by atoms with Crippen molar-refractivity contribution in [1.82, 2.24) is 10.6 Å². The summed E-state index contributed by atoms with van der Waals surface area (Å²) in [6.45, 7) is 1.59. The molecule has 0 aromatic heterocycles. The van der Waals surface area contributed by atoms with E-state index in [0.29, 0.717) is 12.0 Å².